The van der Waals surface area contributed by atoms with Crippen molar-refractivity contribution in [2.75, 3.05) is 7.11 Å². The van der Waals surface area contributed by atoms with Crippen LogP contribution >= 0.6 is 15.9 Å². The number of ether oxygens (including phenoxy) is 1. The Kier molecular flexibility index (Phi) is 3.91. The summed E-state index contributed by atoms with van der Waals surface area (Å²) in [7, 11) is 1.62. The molecule has 5 heteroatoms. The van der Waals surface area contributed by atoms with Crippen LogP contribution in [0.2, 0.25) is 0 Å². The molecular formula is C14H14BrN3O. The molecule has 4 nitrogen and oxygen atoms in total. The van der Waals surface area contributed by atoms with E-state index in [-0.39, 0.29) is 0 Å². The number of rotatable bonds is 3. The maximum absolute atomic E-state index is 8.95. The van der Waals surface area contributed by atoms with Crippen LogP contribution in [-0.2, 0) is 0 Å². The van der Waals surface area contributed by atoms with Crippen molar-refractivity contribution in [3.05, 3.63) is 34.1 Å². The lowest BCUT2D eigenvalue weighted by Crippen LogP contribution is -1.94. The van der Waals surface area contributed by atoms with Gasteiger partial charge in [0.15, 0.2) is 5.69 Å². The summed E-state index contributed by atoms with van der Waals surface area (Å²) in [5.74, 6) is 1.77. The van der Waals surface area contributed by atoms with Crippen molar-refractivity contribution in [3.8, 4) is 23.2 Å². The van der Waals surface area contributed by atoms with Crippen molar-refractivity contribution in [1.82, 2.24) is 9.97 Å². The van der Waals surface area contributed by atoms with Crippen molar-refractivity contribution in [3.63, 3.8) is 0 Å². The predicted molar refractivity (Wildman–Crippen MR) is 77.1 cm³/mol. The van der Waals surface area contributed by atoms with Crippen molar-refractivity contribution in [1.29, 1.82) is 5.26 Å². The molecule has 19 heavy (non-hydrogen) atoms. The Morgan fingerprint density at radius 1 is 1.42 bits per heavy atom. The summed E-state index contributed by atoms with van der Waals surface area (Å²) in [4.78, 5) is 7.32. The van der Waals surface area contributed by atoms with Gasteiger partial charge in [0, 0.05) is 0 Å². The Morgan fingerprint density at radius 2 is 2.16 bits per heavy atom. The SMILES string of the molecule is COc1ccc(C(C)C)cc1-c1nc(C#N)c(Br)[nH]1. The minimum Gasteiger partial charge on any atom is -0.496 e. The monoisotopic (exact) mass is 319 g/mol. The topological polar surface area (TPSA) is 61.7 Å². The molecule has 0 aliphatic rings. The van der Waals surface area contributed by atoms with Gasteiger partial charge >= 0.3 is 0 Å². The molecule has 0 saturated heterocycles. The maximum atomic E-state index is 8.95. The van der Waals surface area contributed by atoms with Gasteiger partial charge < -0.3 is 9.72 Å². The Balaban J connectivity index is 2.58. The van der Waals surface area contributed by atoms with Gasteiger partial charge in [-0.3, -0.25) is 0 Å². The lowest BCUT2D eigenvalue weighted by atomic mass is 10.00. The third kappa shape index (κ3) is 2.64. The van der Waals surface area contributed by atoms with E-state index in [9.17, 15) is 0 Å². The van der Waals surface area contributed by atoms with Crippen LogP contribution in [-0.4, -0.2) is 17.1 Å². The first-order valence-corrected chi connectivity index (χ1v) is 6.70. The summed E-state index contributed by atoms with van der Waals surface area (Å²) in [6.07, 6.45) is 0. The third-order valence-corrected chi connectivity index (χ3v) is 3.48. The molecule has 0 aliphatic heterocycles. The summed E-state index contributed by atoms with van der Waals surface area (Å²) in [6, 6.07) is 8.03. The van der Waals surface area contributed by atoms with E-state index in [4.69, 9.17) is 10.00 Å². The van der Waals surface area contributed by atoms with Crippen LogP contribution in [0.1, 0.15) is 31.0 Å². The van der Waals surface area contributed by atoms with Gasteiger partial charge in [-0.1, -0.05) is 19.9 Å². The second kappa shape index (κ2) is 5.45. The fourth-order valence-electron chi connectivity index (χ4n) is 1.82. The van der Waals surface area contributed by atoms with Crippen LogP contribution in [0.3, 0.4) is 0 Å². The summed E-state index contributed by atoms with van der Waals surface area (Å²) in [5.41, 5.74) is 2.39. The van der Waals surface area contributed by atoms with Crippen LogP contribution in [0.5, 0.6) is 5.75 Å². The van der Waals surface area contributed by atoms with Gasteiger partial charge in [0.05, 0.1) is 12.7 Å². The zero-order chi connectivity index (χ0) is 14.0. The van der Waals surface area contributed by atoms with Crippen molar-refractivity contribution in [2.24, 2.45) is 0 Å². The third-order valence-electron chi connectivity index (χ3n) is 2.91. The Bertz CT molecular complexity index is 641. The van der Waals surface area contributed by atoms with E-state index in [0.717, 1.165) is 11.3 Å². The number of nitrogens with zero attached hydrogens (tertiary/aromatic N) is 2. The lowest BCUT2D eigenvalue weighted by molar-refractivity contribution is 0.416. The van der Waals surface area contributed by atoms with Crippen LogP contribution in [0.4, 0.5) is 0 Å². The summed E-state index contributed by atoms with van der Waals surface area (Å²) in [6.45, 7) is 4.26. The molecule has 0 bridgehead atoms. The van der Waals surface area contributed by atoms with Crippen molar-refractivity contribution in [2.45, 2.75) is 19.8 Å². The Labute approximate surface area is 120 Å². The van der Waals surface area contributed by atoms with E-state index in [1.54, 1.807) is 7.11 Å². The highest BCUT2D eigenvalue weighted by atomic mass is 79.9. The van der Waals surface area contributed by atoms with Gasteiger partial charge in [-0.15, -0.1) is 0 Å². The maximum Gasteiger partial charge on any atom is 0.173 e. The molecule has 1 heterocycles. The van der Waals surface area contributed by atoms with E-state index in [1.165, 1.54) is 5.56 Å². The van der Waals surface area contributed by atoms with Crippen molar-refractivity contribution < 1.29 is 4.74 Å². The van der Waals surface area contributed by atoms with Crippen molar-refractivity contribution >= 4 is 15.9 Å². The molecule has 98 valence electrons. The molecule has 1 N–H and O–H groups in total. The Morgan fingerprint density at radius 3 is 2.68 bits per heavy atom. The molecule has 1 aromatic heterocycles. The van der Waals surface area contributed by atoms with Crippen LogP contribution in [0.25, 0.3) is 11.4 Å². The number of aromatic nitrogens is 2. The standard InChI is InChI=1S/C14H14BrN3O/c1-8(2)9-4-5-12(19-3)10(6-9)14-17-11(7-16)13(15)18-14/h4-6,8H,1-3H3,(H,17,18). The smallest absolute Gasteiger partial charge is 0.173 e. The average molecular weight is 320 g/mol. The van der Waals surface area contributed by atoms with E-state index >= 15 is 0 Å². The molecule has 2 rings (SSSR count). The first-order valence-electron chi connectivity index (χ1n) is 5.90. The number of H-pyrrole nitrogens is 1. The number of aromatic amines is 1. The second-order valence-electron chi connectivity index (χ2n) is 4.47. The van der Waals surface area contributed by atoms with E-state index in [0.29, 0.717) is 22.0 Å². The fourth-order valence-corrected chi connectivity index (χ4v) is 2.19. The fraction of sp³-hybridized carbons (Fsp3) is 0.286. The van der Waals surface area contributed by atoms with E-state index in [1.807, 2.05) is 24.3 Å². The van der Waals surface area contributed by atoms with Gasteiger partial charge in [-0.2, -0.15) is 5.26 Å². The Hall–Kier alpha value is -1.80. The van der Waals surface area contributed by atoms with E-state index < -0.39 is 0 Å². The first-order chi connectivity index (χ1) is 9.06. The largest absolute Gasteiger partial charge is 0.496 e. The molecule has 2 aromatic rings. The highest BCUT2D eigenvalue weighted by Crippen LogP contribution is 2.32. The average Bonchev–Trinajstić information content (AvgIpc) is 2.79. The van der Waals surface area contributed by atoms with Crippen LogP contribution < -0.4 is 4.74 Å². The number of nitriles is 1. The first kappa shape index (κ1) is 13.6. The summed E-state index contributed by atoms with van der Waals surface area (Å²) >= 11 is 3.29. The van der Waals surface area contributed by atoms with Gasteiger partial charge in [-0.05, 0) is 39.5 Å². The molecule has 0 saturated carbocycles. The summed E-state index contributed by atoms with van der Waals surface area (Å²) in [5, 5.41) is 8.95. The molecule has 1 aromatic carbocycles. The zero-order valence-electron chi connectivity index (χ0n) is 11.0. The van der Waals surface area contributed by atoms with Crippen LogP contribution in [0, 0.1) is 11.3 Å². The number of nitrogens with one attached hydrogen (secondary N) is 1. The van der Waals surface area contributed by atoms with E-state index in [2.05, 4.69) is 39.7 Å². The molecular weight excluding hydrogens is 306 g/mol. The predicted octanol–water partition coefficient (Wildman–Crippen LogP) is 3.84. The number of hydrogen-bond acceptors (Lipinski definition) is 3. The molecule has 0 aliphatic carbocycles. The number of methoxy groups -OCH3 is 1. The van der Waals surface area contributed by atoms with Gasteiger partial charge in [0.1, 0.15) is 22.2 Å². The molecule has 0 radical (unpaired) electrons. The lowest BCUT2D eigenvalue weighted by Gasteiger charge is -2.11. The highest BCUT2D eigenvalue weighted by molar-refractivity contribution is 9.10. The molecule has 0 atom stereocenters. The second-order valence-corrected chi connectivity index (χ2v) is 5.27. The van der Waals surface area contributed by atoms with Gasteiger partial charge in [0.2, 0.25) is 0 Å². The summed E-state index contributed by atoms with van der Waals surface area (Å²) < 4.78 is 5.94. The molecule has 0 unspecified atom stereocenters. The zero-order valence-corrected chi connectivity index (χ0v) is 12.6. The normalized spacial score (nSPS) is 10.5. The van der Waals surface area contributed by atoms with Gasteiger partial charge in [0.25, 0.3) is 0 Å². The quantitative estimate of drug-likeness (QED) is 0.934. The number of imidazole rings is 1. The molecule has 0 amide bonds. The number of halogens is 1. The van der Waals surface area contributed by atoms with Gasteiger partial charge in [-0.25, -0.2) is 4.98 Å². The minimum atomic E-state index is 0.340. The molecule has 0 fully saturated rings. The highest BCUT2D eigenvalue weighted by Gasteiger charge is 2.14. The minimum absolute atomic E-state index is 0.340. The molecule has 0 spiro atoms. The number of benzene rings is 1. The van der Waals surface area contributed by atoms with Crippen LogP contribution in [0.15, 0.2) is 22.8 Å². The number of hydrogen-bond donors (Lipinski definition) is 1.